The quantitative estimate of drug-likeness (QED) is 0.840. The Morgan fingerprint density at radius 3 is 2.94 bits per heavy atom. The van der Waals surface area contributed by atoms with Crippen LogP contribution in [0, 0.1) is 5.92 Å². The maximum atomic E-state index is 12.1. The van der Waals surface area contributed by atoms with E-state index in [2.05, 4.69) is 26.2 Å². The zero-order valence-electron chi connectivity index (χ0n) is 10.1. The van der Waals surface area contributed by atoms with E-state index in [0.29, 0.717) is 10.3 Å². The first-order chi connectivity index (χ1) is 8.70. The second-order valence-electron chi connectivity index (χ2n) is 4.65. The lowest BCUT2D eigenvalue weighted by molar-refractivity contribution is 0.0867. The second kappa shape index (κ2) is 6.29. The Morgan fingerprint density at radius 2 is 2.22 bits per heavy atom. The molecule has 2 rings (SSSR count). The summed E-state index contributed by atoms with van der Waals surface area (Å²) >= 11 is 3.25. The van der Waals surface area contributed by atoms with Crippen LogP contribution in [0.4, 0.5) is 0 Å². The largest absolute Gasteiger partial charge is 0.396 e. The summed E-state index contributed by atoms with van der Waals surface area (Å²) in [5.74, 6) is 0.0107. The summed E-state index contributed by atoms with van der Waals surface area (Å²) in [4.78, 5) is 16.2. The molecule has 2 unspecified atom stereocenters. The predicted octanol–water partition coefficient (Wildman–Crippen LogP) is 2.12. The lowest BCUT2D eigenvalue weighted by Crippen LogP contribution is -2.43. The Morgan fingerprint density at radius 1 is 1.44 bits per heavy atom. The number of rotatable bonds is 3. The molecule has 1 aromatic rings. The van der Waals surface area contributed by atoms with Crippen molar-refractivity contribution in [1.82, 2.24) is 10.3 Å². The van der Waals surface area contributed by atoms with Crippen molar-refractivity contribution in [2.45, 2.75) is 31.7 Å². The Kier molecular flexibility index (Phi) is 4.72. The van der Waals surface area contributed by atoms with Crippen molar-refractivity contribution in [2.24, 2.45) is 5.92 Å². The number of hydrogen-bond acceptors (Lipinski definition) is 3. The van der Waals surface area contributed by atoms with E-state index in [0.717, 1.165) is 25.7 Å². The molecule has 1 heterocycles. The molecular formula is C13H17BrN2O2. The summed E-state index contributed by atoms with van der Waals surface area (Å²) in [6, 6.07) is 5.33. The molecule has 98 valence electrons. The van der Waals surface area contributed by atoms with Crippen LogP contribution in [-0.2, 0) is 0 Å². The number of amides is 1. The summed E-state index contributed by atoms with van der Waals surface area (Å²) in [5, 5.41) is 12.3. The highest BCUT2D eigenvalue weighted by Gasteiger charge is 2.26. The van der Waals surface area contributed by atoms with Crippen molar-refractivity contribution >= 4 is 21.8 Å². The average Bonchev–Trinajstić information content (AvgIpc) is 2.39. The van der Waals surface area contributed by atoms with Gasteiger partial charge in [0.15, 0.2) is 0 Å². The summed E-state index contributed by atoms with van der Waals surface area (Å²) in [5.41, 5.74) is 0.409. The highest BCUT2D eigenvalue weighted by atomic mass is 79.9. The number of aliphatic hydroxyl groups is 1. The Balaban J connectivity index is 2.02. The van der Waals surface area contributed by atoms with Gasteiger partial charge < -0.3 is 10.4 Å². The molecule has 0 spiro atoms. The fourth-order valence-corrected chi connectivity index (χ4v) is 2.74. The number of halogens is 1. The van der Waals surface area contributed by atoms with Crippen LogP contribution in [0.5, 0.6) is 0 Å². The number of nitrogens with zero attached hydrogens (tertiary/aromatic N) is 1. The van der Waals surface area contributed by atoms with Crippen LogP contribution in [0.2, 0.25) is 0 Å². The van der Waals surface area contributed by atoms with E-state index in [1.54, 1.807) is 18.2 Å². The maximum absolute atomic E-state index is 12.1. The molecule has 18 heavy (non-hydrogen) atoms. The molecule has 0 saturated heterocycles. The van der Waals surface area contributed by atoms with Crippen molar-refractivity contribution in [3.05, 3.63) is 28.5 Å². The SMILES string of the molecule is O=C(NC1CCCCC1CO)c1cccc(Br)n1. The molecule has 1 aromatic heterocycles. The minimum absolute atomic E-state index is 0.0667. The first kappa shape index (κ1) is 13.5. The third-order valence-corrected chi connectivity index (χ3v) is 3.85. The van der Waals surface area contributed by atoms with Gasteiger partial charge in [0, 0.05) is 18.6 Å². The van der Waals surface area contributed by atoms with Crippen LogP contribution in [0.25, 0.3) is 0 Å². The van der Waals surface area contributed by atoms with Crippen LogP contribution >= 0.6 is 15.9 Å². The molecule has 1 saturated carbocycles. The minimum Gasteiger partial charge on any atom is -0.396 e. The van der Waals surface area contributed by atoms with Gasteiger partial charge in [-0.15, -0.1) is 0 Å². The number of aliphatic hydroxyl groups excluding tert-OH is 1. The van der Waals surface area contributed by atoms with E-state index < -0.39 is 0 Å². The number of carbonyl (C=O) groups excluding carboxylic acids is 1. The Bertz CT molecular complexity index is 425. The third kappa shape index (κ3) is 3.29. The van der Waals surface area contributed by atoms with Gasteiger partial charge in [0.1, 0.15) is 10.3 Å². The molecule has 1 fully saturated rings. The molecule has 0 bridgehead atoms. The van der Waals surface area contributed by atoms with E-state index in [-0.39, 0.29) is 24.5 Å². The average molecular weight is 313 g/mol. The summed E-state index contributed by atoms with van der Waals surface area (Å²) in [6.45, 7) is 0.136. The van der Waals surface area contributed by atoms with Crippen molar-refractivity contribution in [2.75, 3.05) is 6.61 Å². The highest BCUT2D eigenvalue weighted by Crippen LogP contribution is 2.24. The summed E-state index contributed by atoms with van der Waals surface area (Å²) < 4.78 is 0.650. The van der Waals surface area contributed by atoms with E-state index in [1.165, 1.54) is 0 Å². The molecule has 1 aliphatic rings. The van der Waals surface area contributed by atoms with Gasteiger partial charge in [0.25, 0.3) is 5.91 Å². The molecule has 0 aliphatic heterocycles. The summed E-state index contributed by atoms with van der Waals surface area (Å²) in [7, 11) is 0. The van der Waals surface area contributed by atoms with Crippen LogP contribution in [-0.4, -0.2) is 28.6 Å². The van der Waals surface area contributed by atoms with Crippen molar-refractivity contribution in [3.8, 4) is 0 Å². The van der Waals surface area contributed by atoms with Gasteiger partial charge in [0.2, 0.25) is 0 Å². The van der Waals surface area contributed by atoms with E-state index in [1.807, 2.05) is 0 Å². The molecule has 0 aromatic carbocycles. The minimum atomic E-state index is -0.165. The fraction of sp³-hybridized carbons (Fsp3) is 0.538. The molecule has 4 nitrogen and oxygen atoms in total. The van der Waals surface area contributed by atoms with Crippen LogP contribution in [0.3, 0.4) is 0 Å². The van der Waals surface area contributed by atoms with E-state index in [4.69, 9.17) is 0 Å². The lowest BCUT2D eigenvalue weighted by Gasteiger charge is -2.30. The molecular weight excluding hydrogens is 296 g/mol. The smallest absolute Gasteiger partial charge is 0.270 e. The van der Waals surface area contributed by atoms with Gasteiger partial charge in [-0.3, -0.25) is 4.79 Å². The normalized spacial score (nSPS) is 23.7. The van der Waals surface area contributed by atoms with Gasteiger partial charge in [-0.1, -0.05) is 18.9 Å². The first-order valence-electron chi connectivity index (χ1n) is 6.25. The molecule has 0 radical (unpaired) electrons. The van der Waals surface area contributed by atoms with Crippen LogP contribution in [0.1, 0.15) is 36.2 Å². The molecule has 2 N–H and O–H groups in total. The lowest BCUT2D eigenvalue weighted by atomic mass is 9.85. The number of nitrogens with one attached hydrogen (secondary N) is 1. The van der Waals surface area contributed by atoms with Gasteiger partial charge in [0.05, 0.1) is 0 Å². The number of carbonyl (C=O) groups is 1. The third-order valence-electron chi connectivity index (χ3n) is 3.41. The monoisotopic (exact) mass is 312 g/mol. The first-order valence-corrected chi connectivity index (χ1v) is 7.04. The van der Waals surface area contributed by atoms with E-state index in [9.17, 15) is 9.90 Å². The predicted molar refractivity (Wildman–Crippen MR) is 72.2 cm³/mol. The van der Waals surface area contributed by atoms with Gasteiger partial charge in [-0.2, -0.15) is 0 Å². The summed E-state index contributed by atoms with van der Waals surface area (Å²) in [6.07, 6.45) is 4.15. The number of hydrogen-bond donors (Lipinski definition) is 2. The van der Waals surface area contributed by atoms with E-state index >= 15 is 0 Å². The highest BCUT2D eigenvalue weighted by molar-refractivity contribution is 9.10. The van der Waals surface area contributed by atoms with Gasteiger partial charge >= 0.3 is 0 Å². The van der Waals surface area contributed by atoms with Crippen molar-refractivity contribution in [1.29, 1.82) is 0 Å². The fourth-order valence-electron chi connectivity index (χ4n) is 2.39. The number of aromatic nitrogens is 1. The molecule has 1 amide bonds. The molecule has 1 aliphatic carbocycles. The Labute approximate surface area is 115 Å². The zero-order valence-corrected chi connectivity index (χ0v) is 11.7. The molecule has 5 heteroatoms. The van der Waals surface area contributed by atoms with Crippen LogP contribution in [0.15, 0.2) is 22.8 Å². The zero-order chi connectivity index (χ0) is 13.0. The standard InChI is InChI=1S/C13H17BrN2O2/c14-12-7-3-6-11(15-12)13(18)16-10-5-2-1-4-9(10)8-17/h3,6-7,9-10,17H,1-2,4-5,8H2,(H,16,18). The van der Waals surface area contributed by atoms with Crippen LogP contribution < -0.4 is 5.32 Å². The molecule has 2 atom stereocenters. The maximum Gasteiger partial charge on any atom is 0.270 e. The Hall–Kier alpha value is -0.940. The van der Waals surface area contributed by atoms with Gasteiger partial charge in [-0.05, 0) is 40.9 Å². The number of pyridine rings is 1. The van der Waals surface area contributed by atoms with Gasteiger partial charge in [-0.25, -0.2) is 4.98 Å². The second-order valence-corrected chi connectivity index (χ2v) is 5.47. The van der Waals surface area contributed by atoms with Crippen molar-refractivity contribution in [3.63, 3.8) is 0 Å². The van der Waals surface area contributed by atoms with Crippen molar-refractivity contribution < 1.29 is 9.90 Å². The topological polar surface area (TPSA) is 62.2 Å².